The van der Waals surface area contributed by atoms with Gasteiger partial charge in [-0.2, -0.15) is 0 Å². The largest absolute Gasteiger partial charge is 0.490 e. The van der Waals surface area contributed by atoms with E-state index in [0.29, 0.717) is 45.6 Å². The Morgan fingerprint density at radius 2 is 2.07 bits per heavy atom. The van der Waals surface area contributed by atoms with Crippen LogP contribution in [0.3, 0.4) is 0 Å². The number of fused-ring (bicyclic) bond motifs is 2. The van der Waals surface area contributed by atoms with Crippen LogP contribution in [0.15, 0.2) is 34.7 Å². The minimum absolute atomic E-state index is 0.113. The fourth-order valence-corrected chi connectivity index (χ4v) is 3.69. The van der Waals surface area contributed by atoms with Gasteiger partial charge >= 0.3 is 0 Å². The van der Waals surface area contributed by atoms with E-state index in [1.54, 1.807) is 18.2 Å². The van der Waals surface area contributed by atoms with Crippen molar-refractivity contribution in [3.05, 3.63) is 45.3 Å². The Morgan fingerprint density at radius 1 is 1.30 bits per heavy atom. The molecule has 0 spiro atoms. The number of hydrogen-bond acceptors (Lipinski definition) is 6. The van der Waals surface area contributed by atoms with Gasteiger partial charge in [0.05, 0.1) is 35.6 Å². The predicted molar refractivity (Wildman–Crippen MR) is 104 cm³/mol. The average Bonchev–Trinajstić information content (AvgIpc) is 3.02. The van der Waals surface area contributed by atoms with Crippen LogP contribution in [0.4, 0.5) is 5.69 Å². The number of nitrogens with zero attached hydrogens (tertiary/aromatic N) is 2. The van der Waals surface area contributed by atoms with Gasteiger partial charge in [0, 0.05) is 31.5 Å². The number of halogens is 1. The summed E-state index contributed by atoms with van der Waals surface area (Å²) in [5, 5.41) is 5.51. The molecule has 0 radical (unpaired) electrons. The molecule has 1 amide bonds. The Hall–Kier alpha value is -2.58. The number of benzene rings is 1. The van der Waals surface area contributed by atoms with Gasteiger partial charge < -0.3 is 14.8 Å². The van der Waals surface area contributed by atoms with Crippen molar-refractivity contribution in [2.75, 3.05) is 18.5 Å². The number of aryl methyl sites for hydroxylation is 1. The summed E-state index contributed by atoms with van der Waals surface area (Å²) >= 11 is 7.65. The summed E-state index contributed by atoms with van der Waals surface area (Å²) in [6.45, 7) is 1.33. The normalized spacial score (nSPS) is 13.4. The Kier molecular flexibility index (Phi) is 5.00. The lowest BCUT2D eigenvalue weighted by molar-refractivity contribution is -0.116. The summed E-state index contributed by atoms with van der Waals surface area (Å²) in [5.74, 6) is 0.858. The van der Waals surface area contributed by atoms with Crippen LogP contribution in [0.25, 0.3) is 10.2 Å². The molecule has 3 aromatic rings. The molecule has 140 valence electrons. The zero-order chi connectivity index (χ0) is 18.8. The molecule has 27 heavy (non-hydrogen) atoms. The predicted octanol–water partition coefficient (Wildman–Crippen LogP) is 3.30. The standard InChI is InChI=1S/C18H16ClN3O4S/c19-12-8-14-15(26-6-1-5-25-14)9-13(12)21-16(23)2-4-22-10-20-17-11(18(22)24)3-7-27-17/h3,7-10H,1-2,4-6H2,(H,21,23). The number of carbonyl (C=O) groups is 1. The number of amides is 1. The first kappa shape index (κ1) is 17.8. The van der Waals surface area contributed by atoms with Crippen molar-refractivity contribution in [1.82, 2.24) is 9.55 Å². The zero-order valence-electron chi connectivity index (χ0n) is 14.2. The summed E-state index contributed by atoms with van der Waals surface area (Å²) in [5.41, 5.74) is 0.298. The van der Waals surface area contributed by atoms with E-state index in [4.69, 9.17) is 21.1 Å². The monoisotopic (exact) mass is 405 g/mol. The lowest BCUT2D eigenvalue weighted by atomic mass is 10.2. The van der Waals surface area contributed by atoms with E-state index in [1.165, 1.54) is 22.2 Å². The molecule has 3 heterocycles. The van der Waals surface area contributed by atoms with Crippen molar-refractivity contribution < 1.29 is 14.3 Å². The van der Waals surface area contributed by atoms with Gasteiger partial charge in [-0.1, -0.05) is 11.6 Å². The quantitative estimate of drug-likeness (QED) is 0.720. The van der Waals surface area contributed by atoms with Crippen LogP contribution in [-0.4, -0.2) is 28.7 Å². The molecular weight excluding hydrogens is 390 g/mol. The van der Waals surface area contributed by atoms with Gasteiger partial charge in [-0.3, -0.25) is 14.2 Å². The Balaban J connectivity index is 1.45. The van der Waals surface area contributed by atoms with Crippen molar-refractivity contribution >= 4 is 44.7 Å². The van der Waals surface area contributed by atoms with Gasteiger partial charge in [-0.05, 0) is 11.4 Å². The van der Waals surface area contributed by atoms with E-state index in [2.05, 4.69) is 10.3 Å². The average molecular weight is 406 g/mol. The molecule has 0 saturated heterocycles. The molecule has 0 fully saturated rings. The van der Waals surface area contributed by atoms with E-state index in [-0.39, 0.29) is 24.4 Å². The zero-order valence-corrected chi connectivity index (χ0v) is 15.8. The number of carbonyl (C=O) groups excluding carboxylic acids is 1. The highest BCUT2D eigenvalue weighted by molar-refractivity contribution is 7.16. The van der Waals surface area contributed by atoms with Gasteiger partial charge in [-0.25, -0.2) is 4.98 Å². The third-order valence-electron chi connectivity index (χ3n) is 4.14. The molecule has 2 aromatic heterocycles. The first-order chi connectivity index (χ1) is 13.1. The summed E-state index contributed by atoms with van der Waals surface area (Å²) in [6.07, 6.45) is 2.36. The van der Waals surface area contributed by atoms with Crippen molar-refractivity contribution in [2.45, 2.75) is 19.4 Å². The first-order valence-electron chi connectivity index (χ1n) is 8.43. The maximum Gasteiger partial charge on any atom is 0.262 e. The first-order valence-corrected chi connectivity index (χ1v) is 9.69. The number of thiophene rings is 1. The van der Waals surface area contributed by atoms with Crippen molar-refractivity contribution in [3.8, 4) is 11.5 Å². The number of anilines is 1. The van der Waals surface area contributed by atoms with Gasteiger partial charge in [0.25, 0.3) is 5.56 Å². The molecule has 4 rings (SSSR count). The Bertz CT molecular complexity index is 1060. The van der Waals surface area contributed by atoms with Crippen LogP contribution < -0.4 is 20.3 Å². The van der Waals surface area contributed by atoms with E-state index in [0.717, 1.165) is 6.42 Å². The second kappa shape index (κ2) is 7.58. The molecule has 9 heteroatoms. The van der Waals surface area contributed by atoms with E-state index in [9.17, 15) is 9.59 Å². The van der Waals surface area contributed by atoms with Crippen LogP contribution in [0.1, 0.15) is 12.8 Å². The fraction of sp³-hybridized carbons (Fsp3) is 0.278. The van der Waals surface area contributed by atoms with Crippen LogP contribution in [0.2, 0.25) is 5.02 Å². The highest BCUT2D eigenvalue weighted by atomic mass is 35.5. The van der Waals surface area contributed by atoms with E-state index >= 15 is 0 Å². The smallest absolute Gasteiger partial charge is 0.262 e. The number of rotatable bonds is 4. The second-order valence-electron chi connectivity index (χ2n) is 6.01. The highest BCUT2D eigenvalue weighted by Crippen LogP contribution is 2.37. The molecular formula is C18H16ClN3O4S. The van der Waals surface area contributed by atoms with Gasteiger partial charge in [0.15, 0.2) is 11.5 Å². The summed E-state index contributed by atoms with van der Waals surface area (Å²) < 4.78 is 12.6. The molecule has 0 aliphatic carbocycles. The number of aromatic nitrogens is 2. The minimum atomic E-state index is -0.260. The third-order valence-corrected chi connectivity index (χ3v) is 5.27. The summed E-state index contributed by atoms with van der Waals surface area (Å²) in [4.78, 5) is 29.6. The lowest BCUT2D eigenvalue weighted by Gasteiger charge is -2.12. The molecule has 1 N–H and O–H groups in total. The number of ether oxygens (including phenoxy) is 2. The van der Waals surface area contributed by atoms with E-state index in [1.807, 2.05) is 5.38 Å². The molecule has 0 saturated carbocycles. The Labute approximate surface area is 163 Å². The van der Waals surface area contributed by atoms with Gasteiger partial charge in [0.2, 0.25) is 5.91 Å². The second-order valence-corrected chi connectivity index (χ2v) is 7.31. The van der Waals surface area contributed by atoms with Crippen LogP contribution in [0, 0.1) is 0 Å². The number of hydrogen-bond donors (Lipinski definition) is 1. The van der Waals surface area contributed by atoms with Crippen molar-refractivity contribution in [1.29, 1.82) is 0 Å². The summed E-state index contributed by atoms with van der Waals surface area (Å²) in [7, 11) is 0. The lowest BCUT2D eigenvalue weighted by Crippen LogP contribution is -2.23. The van der Waals surface area contributed by atoms with Crippen molar-refractivity contribution in [3.63, 3.8) is 0 Å². The Morgan fingerprint density at radius 3 is 2.89 bits per heavy atom. The molecule has 0 bridgehead atoms. The summed E-state index contributed by atoms with van der Waals surface area (Å²) in [6, 6.07) is 5.03. The molecule has 1 aromatic carbocycles. The van der Waals surface area contributed by atoms with Crippen LogP contribution in [-0.2, 0) is 11.3 Å². The maximum atomic E-state index is 12.4. The SMILES string of the molecule is O=C(CCn1cnc2sccc2c1=O)Nc1cc2c(cc1Cl)OCCCO2. The molecule has 0 atom stereocenters. The van der Waals surface area contributed by atoms with Gasteiger partial charge in [-0.15, -0.1) is 11.3 Å². The molecule has 0 unspecified atom stereocenters. The topological polar surface area (TPSA) is 82.5 Å². The van der Waals surface area contributed by atoms with Crippen LogP contribution >= 0.6 is 22.9 Å². The van der Waals surface area contributed by atoms with Crippen LogP contribution in [0.5, 0.6) is 11.5 Å². The third kappa shape index (κ3) is 3.77. The molecule has 7 nitrogen and oxygen atoms in total. The fourth-order valence-electron chi connectivity index (χ4n) is 2.77. The van der Waals surface area contributed by atoms with Crippen molar-refractivity contribution in [2.24, 2.45) is 0 Å². The maximum absolute atomic E-state index is 12.4. The highest BCUT2D eigenvalue weighted by Gasteiger charge is 2.16. The van der Waals surface area contributed by atoms with Gasteiger partial charge in [0.1, 0.15) is 4.83 Å². The molecule has 1 aliphatic heterocycles. The molecule has 1 aliphatic rings. The number of nitrogens with one attached hydrogen (secondary N) is 1. The minimum Gasteiger partial charge on any atom is -0.490 e. The van der Waals surface area contributed by atoms with E-state index < -0.39 is 0 Å².